The molecule has 7 heteroatoms. The Kier molecular flexibility index (Phi) is 8.11. The van der Waals surface area contributed by atoms with E-state index in [9.17, 15) is 4.79 Å². The van der Waals surface area contributed by atoms with Crippen LogP contribution in [0.2, 0.25) is 0 Å². The lowest BCUT2D eigenvalue weighted by Crippen LogP contribution is -2.33. The summed E-state index contributed by atoms with van der Waals surface area (Å²) < 4.78 is 6.06. The second-order valence-corrected chi connectivity index (χ2v) is 8.65. The largest absolute Gasteiger partial charge is 0.457 e. The highest BCUT2D eigenvalue weighted by Gasteiger charge is 2.15. The van der Waals surface area contributed by atoms with Gasteiger partial charge in [-0.3, -0.25) is 9.78 Å². The summed E-state index contributed by atoms with van der Waals surface area (Å²) in [5.74, 6) is 1.32. The van der Waals surface area contributed by atoms with Gasteiger partial charge in [0, 0.05) is 67.1 Å². The third kappa shape index (κ3) is 6.05. The molecule has 1 saturated heterocycles. The van der Waals surface area contributed by atoms with Crippen LogP contribution >= 0.6 is 0 Å². The molecule has 4 rings (SSSR count). The highest BCUT2D eigenvalue weighted by Crippen LogP contribution is 2.29. The number of nitrogens with one attached hydrogen (secondary N) is 3. The molecule has 7 nitrogen and oxygen atoms in total. The van der Waals surface area contributed by atoms with Gasteiger partial charge < -0.3 is 25.7 Å². The molecule has 3 N–H and O–H groups in total. The number of likely N-dealkylation sites (tertiary alicyclic amines) is 1. The Morgan fingerprint density at radius 2 is 1.91 bits per heavy atom. The maximum atomic E-state index is 12.8. The van der Waals surface area contributed by atoms with E-state index in [2.05, 4.69) is 27.4 Å². The van der Waals surface area contributed by atoms with E-state index in [-0.39, 0.29) is 5.91 Å². The van der Waals surface area contributed by atoms with Crippen molar-refractivity contribution in [1.82, 2.24) is 15.2 Å². The monoisotopic (exact) mass is 471 g/mol. The quantitative estimate of drug-likeness (QED) is 0.363. The molecule has 35 heavy (non-hydrogen) atoms. The summed E-state index contributed by atoms with van der Waals surface area (Å²) in [5, 5.41) is 13.7. The van der Waals surface area contributed by atoms with Crippen molar-refractivity contribution in [3.63, 3.8) is 0 Å². The minimum atomic E-state index is -0.0219. The molecule has 1 fully saturated rings. The molecule has 182 valence electrons. The molecule has 2 aromatic carbocycles. The third-order valence-corrected chi connectivity index (χ3v) is 6.36. The SMILES string of the molecule is CCc1cc(-c2cc(Oc3ccc(C=N)c(NC)c3)ccn2)ccc1C(=O)NCCN1CCCC1. The fourth-order valence-electron chi connectivity index (χ4n) is 4.41. The van der Waals surface area contributed by atoms with Crippen LogP contribution in [0.3, 0.4) is 0 Å². The first-order valence-corrected chi connectivity index (χ1v) is 12.2. The van der Waals surface area contributed by atoms with E-state index in [1.807, 2.05) is 55.6 Å². The molecule has 2 heterocycles. The van der Waals surface area contributed by atoms with E-state index in [0.29, 0.717) is 18.0 Å². The van der Waals surface area contributed by atoms with Crippen LogP contribution in [0.5, 0.6) is 11.5 Å². The second kappa shape index (κ2) is 11.6. The zero-order valence-electron chi connectivity index (χ0n) is 20.4. The maximum absolute atomic E-state index is 12.8. The summed E-state index contributed by atoms with van der Waals surface area (Å²) in [6.45, 7) is 5.89. The Bertz CT molecular complexity index is 1190. The number of nitrogens with zero attached hydrogens (tertiary/aromatic N) is 2. The number of aromatic nitrogens is 1. The number of rotatable bonds is 10. The molecule has 0 unspecified atom stereocenters. The smallest absolute Gasteiger partial charge is 0.251 e. The van der Waals surface area contributed by atoms with Crippen molar-refractivity contribution in [2.75, 3.05) is 38.5 Å². The Hall–Kier alpha value is -3.71. The van der Waals surface area contributed by atoms with Gasteiger partial charge in [0.05, 0.1) is 5.69 Å². The van der Waals surface area contributed by atoms with Gasteiger partial charge in [-0.15, -0.1) is 0 Å². The molecule has 0 radical (unpaired) electrons. The number of ether oxygens (including phenoxy) is 1. The lowest BCUT2D eigenvalue weighted by molar-refractivity contribution is 0.0949. The van der Waals surface area contributed by atoms with Gasteiger partial charge in [0.25, 0.3) is 5.91 Å². The second-order valence-electron chi connectivity index (χ2n) is 8.65. The lowest BCUT2D eigenvalue weighted by atomic mass is 9.99. The topological polar surface area (TPSA) is 90.3 Å². The number of amides is 1. The van der Waals surface area contributed by atoms with Gasteiger partial charge in [-0.1, -0.05) is 13.0 Å². The number of hydrogen-bond acceptors (Lipinski definition) is 6. The third-order valence-electron chi connectivity index (χ3n) is 6.36. The van der Waals surface area contributed by atoms with Crippen LogP contribution in [-0.4, -0.2) is 55.2 Å². The van der Waals surface area contributed by atoms with E-state index < -0.39 is 0 Å². The van der Waals surface area contributed by atoms with Crippen LogP contribution in [-0.2, 0) is 6.42 Å². The first-order valence-electron chi connectivity index (χ1n) is 12.2. The van der Waals surface area contributed by atoms with Gasteiger partial charge in [-0.25, -0.2) is 0 Å². The van der Waals surface area contributed by atoms with Crippen LogP contribution in [0, 0.1) is 5.41 Å². The summed E-state index contributed by atoms with van der Waals surface area (Å²) in [5.41, 5.74) is 5.06. The standard InChI is InChI=1S/C28H33N5O2/c1-3-20-16-21(7-9-25(20)28(34)32-12-15-33-13-4-5-14-33)27-18-24(10-11-31-27)35-23-8-6-22(19-29)26(17-23)30-2/h6-11,16-19,29-30H,3-5,12-15H2,1-2H3,(H,32,34). The Balaban J connectivity index is 1.47. The molecular weight excluding hydrogens is 438 g/mol. The van der Waals surface area contributed by atoms with Crippen molar-refractivity contribution >= 4 is 17.8 Å². The van der Waals surface area contributed by atoms with Gasteiger partial charge in [-0.05, 0) is 68.2 Å². The summed E-state index contributed by atoms with van der Waals surface area (Å²) in [6, 6.07) is 15.1. The van der Waals surface area contributed by atoms with Crippen LogP contribution in [0.25, 0.3) is 11.3 Å². The number of anilines is 1. The lowest BCUT2D eigenvalue weighted by Gasteiger charge is -2.16. The van der Waals surface area contributed by atoms with Gasteiger partial charge in [0.1, 0.15) is 11.5 Å². The van der Waals surface area contributed by atoms with Crippen LogP contribution in [0.15, 0.2) is 54.7 Å². The minimum Gasteiger partial charge on any atom is -0.457 e. The summed E-state index contributed by atoms with van der Waals surface area (Å²) in [6.07, 6.45) is 6.29. The van der Waals surface area contributed by atoms with Crippen molar-refractivity contribution in [3.8, 4) is 22.8 Å². The average molecular weight is 472 g/mol. The molecule has 3 aromatic rings. The summed E-state index contributed by atoms with van der Waals surface area (Å²) >= 11 is 0. The molecular formula is C28H33N5O2. The number of carbonyl (C=O) groups excluding carboxylic acids is 1. The van der Waals surface area contributed by atoms with Gasteiger partial charge in [0.15, 0.2) is 0 Å². The van der Waals surface area contributed by atoms with E-state index in [0.717, 1.165) is 59.7 Å². The van der Waals surface area contributed by atoms with E-state index >= 15 is 0 Å². The molecule has 0 atom stereocenters. The molecule has 1 aliphatic rings. The summed E-state index contributed by atoms with van der Waals surface area (Å²) in [4.78, 5) is 19.7. The van der Waals surface area contributed by atoms with Gasteiger partial charge in [0.2, 0.25) is 0 Å². The van der Waals surface area contributed by atoms with Gasteiger partial charge in [-0.2, -0.15) is 0 Å². The first-order chi connectivity index (χ1) is 17.1. The van der Waals surface area contributed by atoms with Crippen LogP contribution in [0.1, 0.15) is 41.3 Å². The molecule has 1 amide bonds. The van der Waals surface area contributed by atoms with Crippen LogP contribution < -0.4 is 15.4 Å². The van der Waals surface area contributed by atoms with Crippen LogP contribution in [0.4, 0.5) is 5.69 Å². The van der Waals surface area contributed by atoms with E-state index in [1.54, 1.807) is 6.20 Å². The van der Waals surface area contributed by atoms with E-state index in [4.69, 9.17) is 10.1 Å². The first kappa shape index (κ1) is 24.4. The summed E-state index contributed by atoms with van der Waals surface area (Å²) in [7, 11) is 1.82. The van der Waals surface area contributed by atoms with Crippen molar-refractivity contribution < 1.29 is 9.53 Å². The van der Waals surface area contributed by atoms with Crippen molar-refractivity contribution in [3.05, 3.63) is 71.4 Å². The molecule has 0 bridgehead atoms. The number of aryl methyl sites for hydroxylation is 1. The Labute approximate surface area is 207 Å². The van der Waals surface area contributed by atoms with Crippen molar-refractivity contribution in [2.24, 2.45) is 0 Å². The highest BCUT2D eigenvalue weighted by atomic mass is 16.5. The average Bonchev–Trinajstić information content (AvgIpc) is 3.42. The Morgan fingerprint density at radius 3 is 2.66 bits per heavy atom. The predicted octanol–water partition coefficient (Wildman–Crippen LogP) is 4.97. The zero-order chi connectivity index (χ0) is 24.6. The fraction of sp³-hybridized carbons (Fsp3) is 0.321. The maximum Gasteiger partial charge on any atom is 0.251 e. The molecule has 0 spiro atoms. The predicted molar refractivity (Wildman–Crippen MR) is 141 cm³/mol. The number of carbonyl (C=O) groups is 1. The fourth-order valence-corrected chi connectivity index (χ4v) is 4.41. The normalized spacial score (nSPS) is 13.4. The van der Waals surface area contributed by atoms with Crippen molar-refractivity contribution in [2.45, 2.75) is 26.2 Å². The Morgan fingerprint density at radius 1 is 1.11 bits per heavy atom. The molecule has 1 aliphatic heterocycles. The zero-order valence-corrected chi connectivity index (χ0v) is 20.4. The number of pyridine rings is 1. The van der Waals surface area contributed by atoms with E-state index in [1.165, 1.54) is 19.1 Å². The van der Waals surface area contributed by atoms with Gasteiger partial charge >= 0.3 is 0 Å². The highest BCUT2D eigenvalue weighted by molar-refractivity contribution is 5.96. The van der Waals surface area contributed by atoms with Crippen molar-refractivity contribution in [1.29, 1.82) is 5.41 Å². The minimum absolute atomic E-state index is 0.0219. The molecule has 1 aromatic heterocycles. The molecule has 0 saturated carbocycles. The number of benzene rings is 2. The number of hydrogen-bond donors (Lipinski definition) is 3. The molecule has 0 aliphatic carbocycles.